The number of hydrogen-bond donors (Lipinski definition) is 2. The highest BCUT2D eigenvalue weighted by atomic mass is 16.6. The van der Waals surface area contributed by atoms with Crippen molar-refractivity contribution in [3.05, 3.63) is 0 Å². The number of nitrogens with one attached hydrogen (secondary N) is 1. The summed E-state index contributed by atoms with van der Waals surface area (Å²) in [7, 11) is 0. The molecular formula is C10H16N2O4. The first-order valence-electron chi connectivity index (χ1n) is 5.49. The molecule has 3 unspecified atom stereocenters. The molecule has 0 radical (unpaired) electrons. The Morgan fingerprint density at radius 3 is 2.94 bits per heavy atom. The summed E-state index contributed by atoms with van der Waals surface area (Å²) in [5.41, 5.74) is 0. The number of aliphatic carboxylic acids is 1. The molecule has 0 aromatic carbocycles. The minimum atomic E-state index is -0.739. The maximum atomic E-state index is 10.9. The number of carbonyl (C=O) groups is 2. The zero-order chi connectivity index (χ0) is 11.7. The standard InChI is InChI=1S/C10H16N2O4/c1-6-8(9(13)14)2-3-12(6)5-7-4-11-10(15)16-7/h6-8H,2-5H2,1H3,(H,11,15)(H,13,14). The van der Waals surface area contributed by atoms with Crippen LogP contribution in [0, 0.1) is 5.92 Å². The van der Waals surface area contributed by atoms with Crippen molar-refractivity contribution in [3.8, 4) is 0 Å². The molecule has 2 N–H and O–H groups in total. The smallest absolute Gasteiger partial charge is 0.407 e. The minimum Gasteiger partial charge on any atom is -0.481 e. The third kappa shape index (κ3) is 2.11. The van der Waals surface area contributed by atoms with Crippen LogP contribution in [-0.4, -0.2) is 53.8 Å². The summed E-state index contributed by atoms with van der Waals surface area (Å²) >= 11 is 0. The topological polar surface area (TPSA) is 78.9 Å². The molecule has 6 nitrogen and oxygen atoms in total. The monoisotopic (exact) mass is 228 g/mol. The first kappa shape index (κ1) is 11.2. The number of carboxylic acid groups (broad SMARTS) is 1. The van der Waals surface area contributed by atoms with Gasteiger partial charge in [-0.1, -0.05) is 0 Å². The van der Waals surface area contributed by atoms with Crippen molar-refractivity contribution < 1.29 is 19.4 Å². The molecule has 0 spiro atoms. The van der Waals surface area contributed by atoms with Crippen LogP contribution in [0.25, 0.3) is 0 Å². The maximum absolute atomic E-state index is 10.9. The normalized spacial score (nSPS) is 34.8. The molecule has 0 bridgehead atoms. The van der Waals surface area contributed by atoms with Crippen molar-refractivity contribution >= 4 is 12.1 Å². The molecule has 6 heteroatoms. The quantitative estimate of drug-likeness (QED) is 0.704. The van der Waals surface area contributed by atoms with Crippen molar-refractivity contribution in [2.45, 2.75) is 25.5 Å². The Bertz CT molecular complexity index is 307. The van der Waals surface area contributed by atoms with Gasteiger partial charge in [-0.25, -0.2) is 4.79 Å². The number of carboxylic acids is 1. The van der Waals surface area contributed by atoms with Crippen LogP contribution in [0.2, 0.25) is 0 Å². The average molecular weight is 228 g/mol. The largest absolute Gasteiger partial charge is 0.481 e. The van der Waals surface area contributed by atoms with Gasteiger partial charge in [-0.15, -0.1) is 0 Å². The summed E-state index contributed by atoms with van der Waals surface area (Å²) in [4.78, 5) is 23.8. The van der Waals surface area contributed by atoms with E-state index in [-0.39, 0.29) is 24.2 Å². The average Bonchev–Trinajstić information content (AvgIpc) is 2.76. The molecule has 2 saturated heterocycles. The summed E-state index contributed by atoms with van der Waals surface area (Å²) in [5, 5.41) is 11.6. The van der Waals surface area contributed by atoms with Gasteiger partial charge < -0.3 is 15.2 Å². The van der Waals surface area contributed by atoms with Gasteiger partial charge in [0.15, 0.2) is 0 Å². The van der Waals surface area contributed by atoms with Crippen molar-refractivity contribution in [3.63, 3.8) is 0 Å². The Kier molecular flexibility index (Phi) is 3.00. The predicted octanol–water partition coefficient (Wildman–Crippen LogP) is -0.110. The molecule has 2 fully saturated rings. The van der Waals surface area contributed by atoms with E-state index in [0.29, 0.717) is 19.5 Å². The third-order valence-electron chi connectivity index (χ3n) is 3.39. The van der Waals surface area contributed by atoms with E-state index < -0.39 is 5.97 Å². The van der Waals surface area contributed by atoms with Crippen LogP contribution in [0.4, 0.5) is 4.79 Å². The Morgan fingerprint density at radius 2 is 2.44 bits per heavy atom. The van der Waals surface area contributed by atoms with E-state index in [9.17, 15) is 9.59 Å². The molecule has 0 aliphatic carbocycles. The van der Waals surface area contributed by atoms with E-state index >= 15 is 0 Å². The minimum absolute atomic E-state index is 0.0109. The maximum Gasteiger partial charge on any atom is 0.407 e. The Balaban J connectivity index is 1.87. The fourth-order valence-electron chi connectivity index (χ4n) is 2.39. The highest BCUT2D eigenvalue weighted by Gasteiger charge is 2.37. The van der Waals surface area contributed by atoms with Crippen molar-refractivity contribution in [1.82, 2.24) is 10.2 Å². The van der Waals surface area contributed by atoms with Crippen LogP contribution in [0.15, 0.2) is 0 Å². The fraction of sp³-hybridized carbons (Fsp3) is 0.800. The second-order valence-corrected chi connectivity index (χ2v) is 4.38. The first-order chi connectivity index (χ1) is 7.58. The van der Waals surface area contributed by atoms with Crippen LogP contribution in [0.3, 0.4) is 0 Å². The molecule has 2 heterocycles. The van der Waals surface area contributed by atoms with Crippen LogP contribution < -0.4 is 5.32 Å². The molecule has 0 aromatic heterocycles. The zero-order valence-corrected chi connectivity index (χ0v) is 9.18. The van der Waals surface area contributed by atoms with Crippen LogP contribution in [0.5, 0.6) is 0 Å². The predicted molar refractivity (Wildman–Crippen MR) is 55.0 cm³/mol. The van der Waals surface area contributed by atoms with Gasteiger partial charge in [0, 0.05) is 12.6 Å². The number of likely N-dealkylation sites (tertiary alicyclic amines) is 1. The van der Waals surface area contributed by atoms with E-state index in [2.05, 4.69) is 10.2 Å². The lowest BCUT2D eigenvalue weighted by molar-refractivity contribution is -0.142. The number of hydrogen-bond acceptors (Lipinski definition) is 4. The SMILES string of the molecule is CC1C(C(=O)O)CCN1CC1CNC(=O)O1. The highest BCUT2D eigenvalue weighted by Crippen LogP contribution is 2.24. The van der Waals surface area contributed by atoms with Crippen molar-refractivity contribution in [2.75, 3.05) is 19.6 Å². The number of carbonyl (C=O) groups excluding carboxylic acids is 1. The van der Waals surface area contributed by atoms with Gasteiger partial charge >= 0.3 is 12.1 Å². The number of ether oxygens (including phenoxy) is 1. The van der Waals surface area contributed by atoms with Gasteiger partial charge in [0.1, 0.15) is 6.10 Å². The number of alkyl carbamates (subject to hydrolysis) is 1. The zero-order valence-electron chi connectivity index (χ0n) is 9.18. The summed E-state index contributed by atoms with van der Waals surface area (Å²) in [6.07, 6.45) is 0.138. The summed E-state index contributed by atoms with van der Waals surface area (Å²) < 4.78 is 5.03. The van der Waals surface area contributed by atoms with Crippen molar-refractivity contribution in [1.29, 1.82) is 0 Å². The van der Waals surface area contributed by atoms with Gasteiger partial charge in [-0.2, -0.15) is 0 Å². The fourth-order valence-corrected chi connectivity index (χ4v) is 2.39. The number of cyclic esters (lactones) is 1. The van der Waals surface area contributed by atoms with E-state index in [4.69, 9.17) is 9.84 Å². The molecule has 0 aromatic rings. The summed E-state index contributed by atoms with van der Waals surface area (Å²) in [6, 6.07) is 0.0109. The molecule has 90 valence electrons. The molecule has 3 atom stereocenters. The molecule has 2 rings (SSSR count). The molecule has 2 aliphatic heterocycles. The number of nitrogens with zero attached hydrogens (tertiary/aromatic N) is 1. The molecule has 0 saturated carbocycles. The van der Waals surface area contributed by atoms with E-state index in [1.807, 2.05) is 6.92 Å². The van der Waals surface area contributed by atoms with Crippen LogP contribution >= 0.6 is 0 Å². The molecule has 1 amide bonds. The van der Waals surface area contributed by atoms with Crippen LogP contribution in [0.1, 0.15) is 13.3 Å². The first-order valence-corrected chi connectivity index (χ1v) is 5.49. The van der Waals surface area contributed by atoms with Gasteiger partial charge in [-0.05, 0) is 19.9 Å². The second-order valence-electron chi connectivity index (χ2n) is 4.38. The number of rotatable bonds is 3. The van der Waals surface area contributed by atoms with E-state index in [1.165, 1.54) is 0 Å². The Morgan fingerprint density at radius 1 is 1.69 bits per heavy atom. The molecular weight excluding hydrogens is 212 g/mol. The molecule has 16 heavy (non-hydrogen) atoms. The molecule has 2 aliphatic rings. The van der Waals surface area contributed by atoms with E-state index in [0.717, 1.165) is 6.54 Å². The van der Waals surface area contributed by atoms with Gasteiger partial charge in [0.05, 0.1) is 12.5 Å². The lowest BCUT2D eigenvalue weighted by Crippen LogP contribution is -2.39. The van der Waals surface area contributed by atoms with Crippen molar-refractivity contribution in [2.24, 2.45) is 5.92 Å². The highest BCUT2D eigenvalue weighted by molar-refractivity contribution is 5.71. The lowest BCUT2D eigenvalue weighted by Gasteiger charge is -2.24. The van der Waals surface area contributed by atoms with Gasteiger partial charge in [0.25, 0.3) is 0 Å². The summed E-state index contributed by atoms with van der Waals surface area (Å²) in [5.74, 6) is -1.04. The summed E-state index contributed by atoms with van der Waals surface area (Å²) in [6.45, 7) is 3.80. The lowest BCUT2D eigenvalue weighted by atomic mass is 10.0. The van der Waals surface area contributed by atoms with Gasteiger partial charge in [0.2, 0.25) is 0 Å². The Hall–Kier alpha value is -1.30. The number of amides is 1. The Labute approximate surface area is 93.6 Å². The second kappa shape index (κ2) is 4.29. The van der Waals surface area contributed by atoms with E-state index in [1.54, 1.807) is 0 Å². The third-order valence-corrected chi connectivity index (χ3v) is 3.39. The van der Waals surface area contributed by atoms with Gasteiger partial charge in [-0.3, -0.25) is 9.69 Å². The van der Waals surface area contributed by atoms with Crippen LogP contribution in [-0.2, 0) is 9.53 Å².